The van der Waals surface area contributed by atoms with Gasteiger partial charge in [-0.1, -0.05) is 18.3 Å². The number of hydrogen-bond acceptors (Lipinski definition) is 4. The molecule has 0 radical (unpaired) electrons. The van der Waals surface area contributed by atoms with Crippen LogP contribution in [0, 0.1) is 11.8 Å². The van der Waals surface area contributed by atoms with E-state index in [0.29, 0.717) is 22.9 Å². The predicted octanol–water partition coefficient (Wildman–Crippen LogP) is 1.83. The second-order valence-electron chi connectivity index (χ2n) is 4.96. The molecule has 0 spiro atoms. The summed E-state index contributed by atoms with van der Waals surface area (Å²) in [4.78, 5) is 16.6. The van der Waals surface area contributed by atoms with Crippen molar-refractivity contribution in [2.45, 2.75) is 37.0 Å². The van der Waals surface area contributed by atoms with E-state index in [-0.39, 0.29) is 18.6 Å². The molecule has 2 atom stereocenters. The van der Waals surface area contributed by atoms with Crippen molar-refractivity contribution >= 4 is 17.7 Å². The van der Waals surface area contributed by atoms with E-state index >= 15 is 0 Å². The Hall–Kier alpha value is -1.51. The Labute approximate surface area is 129 Å². The van der Waals surface area contributed by atoms with Crippen LogP contribution >= 0.6 is 11.8 Å². The van der Waals surface area contributed by atoms with Crippen LogP contribution in [0.15, 0.2) is 18.3 Å². The van der Waals surface area contributed by atoms with Crippen molar-refractivity contribution in [3.8, 4) is 11.8 Å². The zero-order valence-electron chi connectivity index (χ0n) is 12.1. The lowest BCUT2D eigenvalue weighted by molar-refractivity contribution is 0.0933. The monoisotopic (exact) mass is 304 g/mol. The number of aliphatic hydroxyl groups excluding tert-OH is 1. The summed E-state index contributed by atoms with van der Waals surface area (Å²) >= 11 is 1.81. The number of hydrogen-bond donors (Lipinski definition) is 2. The second kappa shape index (κ2) is 8.06. The summed E-state index contributed by atoms with van der Waals surface area (Å²) in [5.41, 5.74) is 0.983. The fraction of sp³-hybridized carbons (Fsp3) is 0.500. The van der Waals surface area contributed by atoms with Crippen molar-refractivity contribution in [2.24, 2.45) is 0 Å². The highest BCUT2D eigenvalue weighted by Crippen LogP contribution is 2.28. The van der Waals surface area contributed by atoms with Gasteiger partial charge >= 0.3 is 0 Å². The molecule has 0 aromatic carbocycles. The molecular formula is C16H20N2O2S. The van der Waals surface area contributed by atoms with Gasteiger partial charge in [0.1, 0.15) is 5.69 Å². The van der Waals surface area contributed by atoms with Gasteiger partial charge in [-0.05, 0) is 31.2 Å². The van der Waals surface area contributed by atoms with Crippen LogP contribution < -0.4 is 5.32 Å². The molecule has 1 heterocycles. The third-order valence-corrected chi connectivity index (χ3v) is 4.72. The van der Waals surface area contributed by atoms with Gasteiger partial charge in [0.25, 0.3) is 5.91 Å². The molecule has 0 bridgehead atoms. The number of carbonyl (C=O) groups is 1. The summed E-state index contributed by atoms with van der Waals surface area (Å²) in [5, 5.41) is 12.3. The maximum Gasteiger partial charge on any atom is 0.271 e. The maximum atomic E-state index is 12.4. The number of thioether (sulfide) groups is 1. The number of carbonyl (C=O) groups excluding carboxylic acids is 1. The zero-order valence-corrected chi connectivity index (χ0v) is 12.9. The molecule has 0 aliphatic heterocycles. The zero-order chi connectivity index (χ0) is 15.1. The molecule has 4 nitrogen and oxygen atoms in total. The van der Waals surface area contributed by atoms with Gasteiger partial charge in [-0.25, -0.2) is 4.98 Å². The van der Waals surface area contributed by atoms with Crippen LogP contribution in [0.1, 0.15) is 41.7 Å². The van der Waals surface area contributed by atoms with E-state index in [4.69, 9.17) is 5.11 Å². The lowest BCUT2D eigenvalue weighted by atomic mass is 10.1. The van der Waals surface area contributed by atoms with Gasteiger partial charge in [0.05, 0.1) is 12.2 Å². The molecule has 0 saturated heterocycles. The number of nitrogens with one attached hydrogen (secondary N) is 1. The van der Waals surface area contributed by atoms with Gasteiger partial charge < -0.3 is 10.4 Å². The van der Waals surface area contributed by atoms with Crippen molar-refractivity contribution in [1.29, 1.82) is 0 Å². The third kappa shape index (κ3) is 4.23. The average molecular weight is 304 g/mol. The summed E-state index contributed by atoms with van der Waals surface area (Å²) < 4.78 is 0. The fourth-order valence-corrected chi connectivity index (χ4v) is 3.45. The van der Waals surface area contributed by atoms with Gasteiger partial charge in [-0.2, -0.15) is 11.8 Å². The van der Waals surface area contributed by atoms with E-state index in [1.807, 2.05) is 11.8 Å². The van der Waals surface area contributed by atoms with Crippen LogP contribution in [-0.4, -0.2) is 40.2 Å². The molecule has 5 heteroatoms. The first-order valence-electron chi connectivity index (χ1n) is 7.14. The Morgan fingerprint density at radius 2 is 2.43 bits per heavy atom. The van der Waals surface area contributed by atoms with E-state index in [1.165, 1.54) is 0 Å². The Balaban J connectivity index is 2.10. The lowest BCUT2D eigenvalue weighted by Crippen LogP contribution is -2.39. The van der Waals surface area contributed by atoms with Crippen LogP contribution in [0.5, 0.6) is 0 Å². The number of aliphatic hydroxyl groups is 1. The SMILES string of the molecule is CSC1CCCC1NC(=O)c1ncccc1C#CCCO. The Morgan fingerprint density at radius 3 is 3.19 bits per heavy atom. The first-order valence-corrected chi connectivity index (χ1v) is 8.43. The van der Waals surface area contributed by atoms with E-state index in [9.17, 15) is 4.79 Å². The van der Waals surface area contributed by atoms with E-state index in [2.05, 4.69) is 28.4 Å². The standard InChI is InChI=1S/C16H20N2O2S/c1-21-14-9-4-8-13(14)18-16(20)15-12(6-2-3-11-19)7-5-10-17-15/h5,7,10,13-14,19H,3-4,8-9,11H2,1H3,(H,18,20). The van der Waals surface area contributed by atoms with Crippen LogP contribution in [0.4, 0.5) is 0 Å². The molecule has 112 valence electrons. The van der Waals surface area contributed by atoms with Crippen molar-refractivity contribution < 1.29 is 9.90 Å². The largest absolute Gasteiger partial charge is 0.395 e. The molecule has 21 heavy (non-hydrogen) atoms. The Bertz CT molecular complexity index is 551. The molecule has 1 aromatic rings. The van der Waals surface area contributed by atoms with Crippen LogP contribution in [-0.2, 0) is 0 Å². The minimum absolute atomic E-state index is 0.0201. The number of amides is 1. The van der Waals surface area contributed by atoms with Gasteiger partial charge in [-0.15, -0.1) is 0 Å². The van der Waals surface area contributed by atoms with Gasteiger partial charge in [-0.3, -0.25) is 4.79 Å². The van der Waals surface area contributed by atoms with Gasteiger partial charge in [0, 0.05) is 23.9 Å². The van der Waals surface area contributed by atoms with Crippen molar-refractivity contribution in [3.05, 3.63) is 29.6 Å². The minimum atomic E-state index is -0.158. The van der Waals surface area contributed by atoms with Crippen molar-refractivity contribution in [3.63, 3.8) is 0 Å². The molecule has 2 rings (SSSR count). The summed E-state index contributed by atoms with van der Waals surface area (Å²) in [6.07, 6.45) is 7.41. The van der Waals surface area contributed by atoms with E-state index in [1.54, 1.807) is 18.3 Å². The molecule has 1 aliphatic carbocycles. The minimum Gasteiger partial charge on any atom is -0.395 e. The molecule has 1 saturated carbocycles. The molecule has 1 amide bonds. The molecule has 2 N–H and O–H groups in total. The predicted molar refractivity (Wildman–Crippen MR) is 85.2 cm³/mol. The average Bonchev–Trinajstić information content (AvgIpc) is 2.95. The van der Waals surface area contributed by atoms with E-state index < -0.39 is 0 Å². The number of rotatable bonds is 4. The normalized spacial score (nSPS) is 20.7. The highest BCUT2D eigenvalue weighted by Gasteiger charge is 2.28. The van der Waals surface area contributed by atoms with Crippen LogP contribution in [0.25, 0.3) is 0 Å². The highest BCUT2D eigenvalue weighted by atomic mass is 32.2. The Morgan fingerprint density at radius 1 is 1.57 bits per heavy atom. The number of aromatic nitrogens is 1. The first-order chi connectivity index (χ1) is 10.3. The van der Waals surface area contributed by atoms with Gasteiger partial charge in [0.15, 0.2) is 0 Å². The quantitative estimate of drug-likeness (QED) is 0.833. The number of nitrogens with zero attached hydrogens (tertiary/aromatic N) is 1. The lowest BCUT2D eigenvalue weighted by Gasteiger charge is -2.19. The van der Waals surface area contributed by atoms with Crippen molar-refractivity contribution in [2.75, 3.05) is 12.9 Å². The first kappa shape index (κ1) is 15.9. The molecular weight excluding hydrogens is 284 g/mol. The molecule has 1 aromatic heterocycles. The highest BCUT2D eigenvalue weighted by molar-refractivity contribution is 7.99. The summed E-state index contributed by atoms with van der Waals surface area (Å²) in [5.74, 6) is 5.59. The van der Waals surface area contributed by atoms with Crippen LogP contribution in [0.2, 0.25) is 0 Å². The topological polar surface area (TPSA) is 62.2 Å². The van der Waals surface area contributed by atoms with Crippen molar-refractivity contribution in [1.82, 2.24) is 10.3 Å². The van der Waals surface area contributed by atoms with E-state index in [0.717, 1.165) is 19.3 Å². The maximum absolute atomic E-state index is 12.4. The van der Waals surface area contributed by atoms with Gasteiger partial charge in [0.2, 0.25) is 0 Å². The number of pyridine rings is 1. The third-order valence-electron chi connectivity index (χ3n) is 3.55. The molecule has 2 unspecified atom stereocenters. The fourth-order valence-electron chi connectivity index (χ4n) is 2.51. The summed E-state index contributed by atoms with van der Waals surface area (Å²) in [7, 11) is 0. The van der Waals surface area contributed by atoms with Crippen LogP contribution in [0.3, 0.4) is 0 Å². The summed E-state index contributed by atoms with van der Waals surface area (Å²) in [6, 6.07) is 3.76. The second-order valence-corrected chi connectivity index (χ2v) is 6.04. The molecule has 1 fully saturated rings. The summed E-state index contributed by atoms with van der Waals surface area (Å²) in [6.45, 7) is 0.0201. The Kier molecular flexibility index (Phi) is 6.09. The molecule has 1 aliphatic rings. The smallest absolute Gasteiger partial charge is 0.271 e.